The Hall–Kier alpha value is -1.27. The molecule has 0 saturated heterocycles. The van der Waals surface area contributed by atoms with Gasteiger partial charge in [-0.15, -0.1) is 18.9 Å². The van der Waals surface area contributed by atoms with Crippen molar-refractivity contribution in [1.29, 1.82) is 0 Å². The van der Waals surface area contributed by atoms with E-state index in [9.17, 15) is 4.79 Å². The molecule has 0 aliphatic rings. The quantitative estimate of drug-likeness (QED) is 0.353. The van der Waals surface area contributed by atoms with Gasteiger partial charge < -0.3 is 11.1 Å². The third-order valence-electron chi connectivity index (χ3n) is 1.55. The SMILES string of the molecule is C#CCCCNC(=O)C(N)CC=C. The Bertz CT molecular complexity index is 205. The second-order valence-corrected chi connectivity index (χ2v) is 2.73. The van der Waals surface area contributed by atoms with Gasteiger partial charge in [-0.2, -0.15) is 0 Å². The van der Waals surface area contributed by atoms with Crippen molar-refractivity contribution in [3.63, 3.8) is 0 Å². The lowest BCUT2D eigenvalue weighted by atomic mass is 10.2. The number of hydrogen-bond donors (Lipinski definition) is 2. The first-order chi connectivity index (χ1) is 6.22. The van der Waals surface area contributed by atoms with Crippen molar-refractivity contribution in [3.8, 4) is 12.3 Å². The zero-order valence-electron chi connectivity index (χ0n) is 7.75. The molecule has 0 bridgehead atoms. The maximum atomic E-state index is 11.2. The number of terminal acetylenes is 1. The molecule has 3 N–H and O–H groups in total. The van der Waals surface area contributed by atoms with Crippen molar-refractivity contribution in [2.45, 2.75) is 25.3 Å². The van der Waals surface area contributed by atoms with Crippen LogP contribution in [0, 0.1) is 12.3 Å². The molecule has 0 aromatic rings. The Morgan fingerprint density at radius 3 is 3.00 bits per heavy atom. The lowest BCUT2D eigenvalue weighted by Gasteiger charge is -2.08. The number of carbonyl (C=O) groups excluding carboxylic acids is 1. The molecule has 3 nitrogen and oxygen atoms in total. The normalized spacial score (nSPS) is 11.4. The monoisotopic (exact) mass is 180 g/mol. The van der Waals surface area contributed by atoms with Crippen LogP contribution in [0.4, 0.5) is 0 Å². The molecule has 3 heteroatoms. The maximum absolute atomic E-state index is 11.2. The van der Waals surface area contributed by atoms with E-state index in [1.54, 1.807) is 6.08 Å². The molecule has 0 aromatic heterocycles. The fourth-order valence-corrected chi connectivity index (χ4v) is 0.820. The van der Waals surface area contributed by atoms with Crippen LogP contribution in [0.2, 0.25) is 0 Å². The Kier molecular flexibility index (Phi) is 6.66. The van der Waals surface area contributed by atoms with E-state index >= 15 is 0 Å². The van der Waals surface area contributed by atoms with Crippen molar-refractivity contribution < 1.29 is 4.79 Å². The van der Waals surface area contributed by atoms with Crippen LogP contribution >= 0.6 is 0 Å². The fourth-order valence-electron chi connectivity index (χ4n) is 0.820. The zero-order chi connectivity index (χ0) is 10.1. The fraction of sp³-hybridized carbons (Fsp3) is 0.500. The second-order valence-electron chi connectivity index (χ2n) is 2.73. The molecule has 0 heterocycles. The molecule has 13 heavy (non-hydrogen) atoms. The van der Waals surface area contributed by atoms with E-state index in [2.05, 4.69) is 17.8 Å². The summed E-state index contributed by atoms with van der Waals surface area (Å²) in [5.41, 5.74) is 5.52. The highest BCUT2D eigenvalue weighted by molar-refractivity contribution is 5.81. The van der Waals surface area contributed by atoms with E-state index in [4.69, 9.17) is 12.2 Å². The molecule has 0 aromatic carbocycles. The van der Waals surface area contributed by atoms with Gasteiger partial charge in [-0.25, -0.2) is 0 Å². The average Bonchev–Trinajstić information content (AvgIpc) is 2.12. The van der Waals surface area contributed by atoms with Gasteiger partial charge in [0.2, 0.25) is 5.91 Å². The molecule has 72 valence electrons. The van der Waals surface area contributed by atoms with Crippen molar-refractivity contribution in [2.24, 2.45) is 5.73 Å². The summed E-state index contributed by atoms with van der Waals surface area (Å²) in [5, 5.41) is 2.69. The smallest absolute Gasteiger partial charge is 0.237 e. The highest BCUT2D eigenvalue weighted by Crippen LogP contribution is 1.89. The minimum Gasteiger partial charge on any atom is -0.355 e. The minimum atomic E-state index is -0.483. The van der Waals surface area contributed by atoms with Gasteiger partial charge in [0, 0.05) is 13.0 Å². The third kappa shape index (κ3) is 5.94. The van der Waals surface area contributed by atoms with Crippen LogP contribution in [0.25, 0.3) is 0 Å². The first-order valence-electron chi connectivity index (χ1n) is 4.30. The van der Waals surface area contributed by atoms with Crippen LogP contribution in [-0.4, -0.2) is 18.5 Å². The Labute approximate surface area is 79.4 Å². The van der Waals surface area contributed by atoms with Crippen molar-refractivity contribution in [2.75, 3.05) is 6.54 Å². The number of hydrogen-bond acceptors (Lipinski definition) is 2. The molecule has 0 fully saturated rings. The highest BCUT2D eigenvalue weighted by atomic mass is 16.2. The lowest BCUT2D eigenvalue weighted by Crippen LogP contribution is -2.40. The molecular formula is C10H16N2O. The van der Waals surface area contributed by atoms with Gasteiger partial charge in [-0.05, 0) is 12.8 Å². The topological polar surface area (TPSA) is 55.1 Å². The third-order valence-corrected chi connectivity index (χ3v) is 1.55. The van der Waals surface area contributed by atoms with Gasteiger partial charge in [0.05, 0.1) is 6.04 Å². The number of rotatable bonds is 6. The first kappa shape index (κ1) is 11.7. The standard InChI is InChI=1S/C10H16N2O/c1-3-5-6-8-12-10(13)9(11)7-4-2/h1,4,9H,2,5-8,11H2,(H,12,13). The van der Waals surface area contributed by atoms with Gasteiger partial charge in [-0.1, -0.05) is 6.08 Å². The van der Waals surface area contributed by atoms with Gasteiger partial charge in [0.15, 0.2) is 0 Å². The second kappa shape index (κ2) is 7.38. The average molecular weight is 180 g/mol. The molecule has 0 aliphatic heterocycles. The van der Waals surface area contributed by atoms with Crippen molar-refractivity contribution in [1.82, 2.24) is 5.32 Å². The predicted molar refractivity (Wildman–Crippen MR) is 53.9 cm³/mol. The maximum Gasteiger partial charge on any atom is 0.237 e. The molecule has 0 aliphatic carbocycles. The van der Waals surface area contributed by atoms with E-state index in [0.717, 1.165) is 6.42 Å². The molecule has 0 saturated carbocycles. The van der Waals surface area contributed by atoms with Crippen molar-refractivity contribution in [3.05, 3.63) is 12.7 Å². The van der Waals surface area contributed by atoms with E-state index in [0.29, 0.717) is 19.4 Å². The van der Waals surface area contributed by atoms with Crippen molar-refractivity contribution >= 4 is 5.91 Å². The molecule has 0 radical (unpaired) electrons. The van der Waals surface area contributed by atoms with Crippen LogP contribution in [0.1, 0.15) is 19.3 Å². The predicted octanol–water partition coefficient (Wildman–Crippen LogP) is 0.419. The zero-order valence-corrected chi connectivity index (χ0v) is 7.75. The molecular weight excluding hydrogens is 164 g/mol. The summed E-state index contributed by atoms with van der Waals surface area (Å²) in [4.78, 5) is 11.2. The first-order valence-corrected chi connectivity index (χ1v) is 4.30. The Balaban J connectivity index is 3.50. The summed E-state index contributed by atoms with van der Waals surface area (Å²) in [7, 11) is 0. The minimum absolute atomic E-state index is 0.142. The molecule has 0 spiro atoms. The molecule has 1 amide bonds. The number of carbonyl (C=O) groups is 1. The van der Waals surface area contributed by atoms with Crippen LogP contribution in [0.15, 0.2) is 12.7 Å². The number of unbranched alkanes of at least 4 members (excludes halogenated alkanes) is 1. The Morgan fingerprint density at radius 1 is 1.77 bits per heavy atom. The van der Waals surface area contributed by atoms with Crippen LogP contribution in [-0.2, 0) is 4.79 Å². The van der Waals surface area contributed by atoms with Gasteiger partial charge in [0.25, 0.3) is 0 Å². The summed E-state index contributed by atoms with van der Waals surface area (Å²) < 4.78 is 0. The molecule has 1 atom stereocenters. The Morgan fingerprint density at radius 2 is 2.46 bits per heavy atom. The van der Waals surface area contributed by atoms with Crippen LogP contribution < -0.4 is 11.1 Å². The van der Waals surface area contributed by atoms with E-state index < -0.39 is 6.04 Å². The summed E-state index contributed by atoms with van der Waals surface area (Å²) >= 11 is 0. The molecule has 1 unspecified atom stereocenters. The largest absolute Gasteiger partial charge is 0.355 e. The number of nitrogens with one attached hydrogen (secondary N) is 1. The summed E-state index contributed by atoms with van der Waals surface area (Å²) in [5.74, 6) is 2.36. The summed E-state index contributed by atoms with van der Waals surface area (Å²) in [6.07, 6.45) is 8.66. The summed E-state index contributed by atoms with van der Waals surface area (Å²) in [6, 6.07) is -0.483. The van der Waals surface area contributed by atoms with Crippen LogP contribution in [0.5, 0.6) is 0 Å². The van der Waals surface area contributed by atoms with Gasteiger partial charge in [0.1, 0.15) is 0 Å². The highest BCUT2D eigenvalue weighted by Gasteiger charge is 2.09. The number of amides is 1. The van der Waals surface area contributed by atoms with Gasteiger partial charge in [-0.3, -0.25) is 4.79 Å². The van der Waals surface area contributed by atoms with Crippen LogP contribution in [0.3, 0.4) is 0 Å². The van der Waals surface area contributed by atoms with Gasteiger partial charge >= 0.3 is 0 Å². The molecule has 0 rings (SSSR count). The van der Waals surface area contributed by atoms with E-state index in [1.807, 2.05) is 0 Å². The van der Waals surface area contributed by atoms with E-state index in [1.165, 1.54) is 0 Å². The number of nitrogens with two attached hydrogens (primary N) is 1. The lowest BCUT2D eigenvalue weighted by molar-refractivity contribution is -0.122. The van der Waals surface area contributed by atoms with E-state index in [-0.39, 0.29) is 5.91 Å². The summed E-state index contributed by atoms with van der Waals surface area (Å²) in [6.45, 7) is 4.10.